The third-order valence-electron chi connectivity index (χ3n) is 3.12. The van der Waals surface area contributed by atoms with Gasteiger partial charge in [-0.15, -0.1) is 10.2 Å². The van der Waals surface area contributed by atoms with Gasteiger partial charge >= 0.3 is 0 Å². The van der Waals surface area contributed by atoms with Crippen LogP contribution in [-0.2, 0) is 11.3 Å². The van der Waals surface area contributed by atoms with Crippen molar-refractivity contribution < 1.29 is 9.53 Å². The molecule has 0 spiro atoms. The monoisotopic (exact) mass is 388 g/mol. The average molecular weight is 389 g/mol. The van der Waals surface area contributed by atoms with Gasteiger partial charge in [0.05, 0.1) is 35.4 Å². The van der Waals surface area contributed by atoms with Crippen LogP contribution < -0.4 is 10.1 Å². The van der Waals surface area contributed by atoms with Gasteiger partial charge in [-0.1, -0.05) is 47.5 Å². The van der Waals surface area contributed by atoms with E-state index in [0.29, 0.717) is 40.6 Å². The predicted octanol–water partition coefficient (Wildman–Crippen LogP) is 3.70. The Morgan fingerprint density at radius 1 is 1.29 bits per heavy atom. The molecule has 0 atom stereocenters. The van der Waals surface area contributed by atoms with Crippen LogP contribution in [0, 0.1) is 0 Å². The molecular formula is C15H18Cl2N4O2S. The molecule has 1 aromatic carbocycles. The molecule has 1 heterocycles. The summed E-state index contributed by atoms with van der Waals surface area (Å²) in [4.78, 5) is 14.2. The molecule has 0 fully saturated rings. The first-order valence-corrected chi connectivity index (χ1v) is 9.02. The number of likely N-dealkylation sites (N-methyl/N-ethyl adjacent to an activating group) is 1. The van der Waals surface area contributed by atoms with Crippen LogP contribution in [0.4, 0.5) is 5.69 Å². The summed E-state index contributed by atoms with van der Waals surface area (Å²) in [5.74, 6) is -0.193. The summed E-state index contributed by atoms with van der Waals surface area (Å²) in [6.07, 6.45) is 0. The first-order valence-electron chi connectivity index (χ1n) is 7.44. The van der Waals surface area contributed by atoms with E-state index in [1.165, 1.54) is 11.3 Å². The summed E-state index contributed by atoms with van der Waals surface area (Å²) >= 11 is 13.5. The quantitative estimate of drug-likeness (QED) is 0.746. The van der Waals surface area contributed by atoms with Crippen molar-refractivity contribution in [3.8, 4) is 5.19 Å². The molecular weight excluding hydrogens is 371 g/mol. The smallest absolute Gasteiger partial charge is 0.294 e. The fraction of sp³-hybridized carbons (Fsp3) is 0.400. The van der Waals surface area contributed by atoms with Crippen LogP contribution in [0.25, 0.3) is 0 Å². The standard InChI is InChI=1S/C15H18Cl2N4O2S/c1-3-21(9-13-19-20-15(24-13)23-4-2)8-12(22)18-14-10(16)6-5-7-11(14)17/h5-7H,3-4,8-9H2,1-2H3,(H,18,22). The van der Waals surface area contributed by atoms with Gasteiger partial charge in [-0.25, -0.2) is 0 Å². The first kappa shape index (κ1) is 18.9. The maximum Gasteiger partial charge on any atom is 0.294 e. The molecule has 2 rings (SSSR count). The Balaban J connectivity index is 1.95. The number of amides is 1. The number of benzene rings is 1. The summed E-state index contributed by atoms with van der Waals surface area (Å²) in [6, 6.07) is 5.08. The highest BCUT2D eigenvalue weighted by atomic mass is 35.5. The number of rotatable bonds is 8. The Morgan fingerprint density at radius 3 is 2.62 bits per heavy atom. The maximum atomic E-state index is 12.3. The van der Waals surface area contributed by atoms with Crippen molar-refractivity contribution in [2.75, 3.05) is 25.0 Å². The average Bonchev–Trinajstić information content (AvgIpc) is 2.98. The minimum atomic E-state index is -0.193. The third kappa shape index (κ3) is 5.31. The summed E-state index contributed by atoms with van der Waals surface area (Å²) in [5, 5.41) is 12.9. The van der Waals surface area contributed by atoms with Crippen molar-refractivity contribution in [1.82, 2.24) is 15.1 Å². The topological polar surface area (TPSA) is 67.4 Å². The van der Waals surface area contributed by atoms with Crippen LogP contribution in [0.1, 0.15) is 18.9 Å². The highest BCUT2D eigenvalue weighted by Crippen LogP contribution is 2.29. The van der Waals surface area contributed by atoms with Gasteiger partial charge in [0.15, 0.2) is 0 Å². The van der Waals surface area contributed by atoms with Crippen molar-refractivity contribution in [2.45, 2.75) is 20.4 Å². The molecule has 0 aliphatic rings. The molecule has 0 saturated heterocycles. The number of aromatic nitrogens is 2. The lowest BCUT2D eigenvalue weighted by molar-refractivity contribution is -0.117. The van der Waals surface area contributed by atoms with Crippen molar-refractivity contribution in [3.63, 3.8) is 0 Å². The van der Waals surface area contributed by atoms with Crippen molar-refractivity contribution in [2.24, 2.45) is 0 Å². The fourth-order valence-electron chi connectivity index (χ4n) is 1.95. The fourth-order valence-corrected chi connectivity index (χ4v) is 3.23. The van der Waals surface area contributed by atoms with Gasteiger partial charge in [-0.2, -0.15) is 0 Å². The van der Waals surface area contributed by atoms with E-state index in [4.69, 9.17) is 27.9 Å². The Labute approximate surface area is 154 Å². The molecule has 1 aromatic heterocycles. The number of ether oxygens (including phenoxy) is 1. The van der Waals surface area contributed by atoms with Crippen molar-refractivity contribution >= 4 is 46.1 Å². The normalized spacial score (nSPS) is 10.9. The highest BCUT2D eigenvalue weighted by Gasteiger charge is 2.15. The number of para-hydroxylation sites is 1. The first-order chi connectivity index (χ1) is 11.5. The minimum absolute atomic E-state index is 0.193. The molecule has 130 valence electrons. The SMILES string of the molecule is CCOc1nnc(CN(CC)CC(=O)Nc2c(Cl)cccc2Cl)s1. The summed E-state index contributed by atoms with van der Waals surface area (Å²) in [7, 11) is 0. The van der Waals surface area contributed by atoms with Gasteiger partial charge in [0.25, 0.3) is 5.19 Å². The number of nitrogens with one attached hydrogen (secondary N) is 1. The highest BCUT2D eigenvalue weighted by molar-refractivity contribution is 7.13. The van der Waals surface area contributed by atoms with E-state index in [1.54, 1.807) is 18.2 Å². The summed E-state index contributed by atoms with van der Waals surface area (Å²) in [6.45, 7) is 5.82. The molecule has 0 unspecified atom stereocenters. The van der Waals surface area contributed by atoms with Crippen molar-refractivity contribution in [1.29, 1.82) is 0 Å². The van der Waals surface area contributed by atoms with E-state index in [1.807, 2.05) is 18.7 Å². The van der Waals surface area contributed by atoms with Gasteiger partial charge in [-0.3, -0.25) is 9.69 Å². The predicted molar refractivity (Wildman–Crippen MR) is 97.1 cm³/mol. The molecule has 1 amide bonds. The molecule has 24 heavy (non-hydrogen) atoms. The molecule has 0 bridgehead atoms. The largest absolute Gasteiger partial charge is 0.469 e. The van der Waals surface area contributed by atoms with Crippen LogP contribution in [0.5, 0.6) is 5.19 Å². The molecule has 2 aromatic rings. The Hall–Kier alpha value is -1.41. The molecule has 6 nitrogen and oxygen atoms in total. The lowest BCUT2D eigenvalue weighted by Crippen LogP contribution is -2.32. The minimum Gasteiger partial charge on any atom is -0.469 e. The number of nitrogens with zero attached hydrogens (tertiary/aromatic N) is 3. The van der Waals surface area contributed by atoms with Crippen LogP contribution in [0.3, 0.4) is 0 Å². The second-order valence-electron chi connectivity index (χ2n) is 4.84. The van der Waals surface area contributed by atoms with E-state index in [-0.39, 0.29) is 12.5 Å². The summed E-state index contributed by atoms with van der Waals surface area (Å²) in [5.41, 5.74) is 0.427. The molecule has 1 N–H and O–H groups in total. The molecule has 0 aliphatic carbocycles. The molecule has 0 aliphatic heterocycles. The van der Waals surface area contributed by atoms with E-state index in [9.17, 15) is 4.79 Å². The van der Waals surface area contributed by atoms with Gasteiger partial charge in [0.2, 0.25) is 5.91 Å². The number of anilines is 1. The number of hydrogen-bond acceptors (Lipinski definition) is 6. The summed E-state index contributed by atoms with van der Waals surface area (Å²) < 4.78 is 5.31. The second-order valence-corrected chi connectivity index (χ2v) is 6.68. The van der Waals surface area contributed by atoms with Gasteiger partial charge in [-0.05, 0) is 25.6 Å². The molecule has 0 saturated carbocycles. The maximum absolute atomic E-state index is 12.3. The van der Waals surface area contributed by atoms with E-state index >= 15 is 0 Å². The van der Waals surface area contributed by atoms with E-state index in [0.717, 1.165) is 5.01 Å². The van der Waals surface area contributed by atoms with Crippen molar-refractivity contribution in [3.05, 3.63) is 33.3 Å². The van der Waals surface area contributed by atoms with E-state index in [2.05, 4.69) is 15.5 Å². The second kappa shape index (κ2) is 9.17. The zero-order chi connectivity index (χ0) is 17.5. The van der Waals surface area contributed by atoms with Crippen LogP contribution >= 0.6 is 34.5 Å². The Bertz CT molecular complexity index is 676. The molecule has 0 radical (unpaired) electrons. The van der Waals surface area contributed by atoms with Crippen LogP contribution in [-0.4, -0.2) is 40.7 Å². The zero-order valence-corrected chi connectivity index (χ0v) is 15.7. The Kier molecular flexibility index (Phi) is 7.23. The Morgan fingerprint density at radius 2 is 2.00 bits per heavy atom. The molecule has 9 heteroatoms. The zero-order valence-electron chi connectivity index (χ0n) is 13.4. The number of carbonyl (C=O) groups is 1. The van der Waals surface area contributed by atoms with Gasteiger partial charge < -0.3 is 10.1 Å². The van der Waals surface area contributed by atoms with E-state index < -0.39 is 0 Å². The lowest BCUT2D eigenvalue weighted by atomic mass is 10.3. The lowest BCUT2D eigenvalue weighted by Gasteiger charge is -2.18. The van der Waals surface area contributed by atoms with Crippen LogP contribution in [0.15, 0.2) is 18.2 Å². The van der Waals surface area contributed by atoms with Crippen LogP contribution in [0.2, 0.25) is 10.0 Å². The number of hydrogen-bond donors (Lipinski definition) is 1. The number of halogens is 2. The van der Waals surface area contributed by atoms with Gasteiger partial charge in [0, 0.05) is 0 Å². The van der Waals surface area contributed by atoms with Gasteiger partial charge in [0.1, 0.15) is 5.01 Å². The third-order valence-corrected chi connectivity index (χ3v) is 4.57. The number of carbonyl (C=O) groups excluding carboxylic acids is 1.